The van der Waals surface area contributed by atoms with E-state index in [-0.39, 0.29) is 0 Å². The molecule has 0 saturated heterocycles. The van der Waals surface area contributed by atoms with Crippen molar-refractivity contribution in [3.8, 4) is 6.07 Å². The van der Waals surface area contributed by atoms with E-state index in [1.165, 1.54) is 0 Å². The lowest BCUT2D eigenvalue weighted by molar-refractivity contribution is 0.531. The standard InChI is InChI=1S/C7H12N2/c1-4-5-7(6-8)9(2)3/h5H,4H2,1-3H3. The molecule has 0 N–H and O–H groups in total. The maximum Gasteiger partial charge on any atom is 0.117 e. The van der Waals surface area contributed by atoms with Gasteiger partial charge >= 0.3 is 0 Å². The average Bonchev–Trinajstić information content (AvgIpc) is 1.82. The van der Waals surface area contributed by atoms with Gasteiger partial charge < -0.3 is 4.90 Å². The van der Waals surface area contributed by atoms with E-state index in [1.54, 1.807) is 0 Å². The minimum atomic E-state index is 0.734. The van der Waals surface area contributed by atoms with Crippen LogP contribution in [0.5, 0.6) is 0 Å². The Morgan fingerprint density at radius 2 is 2.22 bits per heavy atom. The molecule has 0 unspecified atom stereocenters. The highest BCUT2D eigenvalue weighted by Gasteiger charge is 1.92. The highest BCUT2D eigenvalue weighted by Crippen LogP contribution is 1.96. The van der Waals surface area contributed by atoms with Gasteiger partial charge in [-0.2, -0.15) is 5.26 Å². The number of allylic oxidation sites excluding steroid dienone is 2. The molecule has 0 bridgehead atoms. The first-order chi connectivity index (χ1) is 4.22. The van der Waals surface area contributed by atoms with Crippen LogP contribution in [0.4, 0.5) is 0 Å². The van der Waals surface area contributed by atoms with E-state index in [9.17, 15) is 0 Å². The molecule has 0 aromatic rings. The van der Waals surface area contributed by atoms with Gasteiger partial charge in [0.2, 0.25) is 0 Å². The van der Waals surface area contributed by atoms with Crippen LogP contribution in [0.3, 0.4) is 0 Å². The molecule has 0 aliphatic rings. The molecule has 0 aliphatic carbocycles. The summed E-state index contributed by atoms with van der Waals surface area (Å²) >= 11 is 0. The van der Waals surface area contributed by atoms with Gasteiger partial charge in [-0.3, -0.25) is 0 Å². The van der Waals surface area contributed by atoms with Crippen LogP contribution in [0, 0.1) is 11.3 Å². The van der Waals surface area contributed by atoms with Crippen molar-refractivity contribution < 1.29 is 0 Å². The molecule has 50 valence electrons. The Balaban J connectivity index is 4.02. The minimum absolute atomic E-state index is 0.734. The van der Waals surface area contributed by atoms with Gasteiger partial charge in [0.05, 0.1) is 0 Å². The van der Waals surface area contributed by atoms with Gasteiger partial charge in [0.15, 0.2) is 0 Å². The second-order valence-electron chi connectivity index (χ2n) is 2.00. The SMILES string of the molecule is CCC=C(C#N)N(C)C. The van der Waals surface area contributed by atoms with Gasteiger partial charge in [-0.25, -0.2) is 0 Å². The van der Waals surface area contributed by atoms with Crippen LogP contribution in [0.15, 0.2) is 11.8 Å². The van der Waals surface area contributed by atoms with Gasteiger partial charge in [0.1, 0.15) is 11.8 Å². The van der Waals surface area contributed by atoms with Crippen molar-refractivity contribution >= 4 is 0 Å². The number of nitrogens with zero attached hydrogens (tertiary/aromatic N) is 2. The third-order valence-electron chi connectivity index (χ3n) is 0.994. The zero-order valence-electron chi connectivity index (χ0n) is 6.18. The summed E-state index contributed by atoms with van der Waals surface area (Å²) in [4.78, 5) is 1.81. The summed E-state index contributed by atoms with van der Waals surface area (Å²) < 4.78 is 0. The molecule has 2 nitrogen and oxygen atoms in total. The molecule has 2 heteroatoms. The summed E-state index contributed by atoms with van der Waals surface area (Å²) in [6, 6.07) is 2.09. The number of hydrogen-bond acceptors (Lipinski definition) is 2. The van der Waals surface area contributed by atoms with Crippen molar-refractivity contribution in [1.29, 1.82) is 5.26 Å². The Labute approximate surface area is 56.4 Å². The maximum absolute atomic E-state index is 8.47. The second kappa shape index (κ2) is 3.96. The summed E-state index contributed by atoms with van der Waals surface area (Å²) in [5.74, 6) is 0. The van der Waals surface area contributed by atoms with Crippen LogP contribution >= 0.6 is 0 Å². The predicted octanol–water partition coefficient (Wildman–Crippen LogP) is 1.37. The molecule has 0 amide bonds. The molecule has 0 atom stereocenters. The molecule has 9 heavy (non-hydrogen) atoms. The van der Waals surface area contributed by atoms with E-state index < -0.39 is 0 Å². The first-order valence-electron chi connectivity index (χ1n) is 3.00. The number of nitriles is 1. The molecule has 0 aliphatic heterocycles. The quantitative estimate of drug-likeness (QED) is 0.520. The lowest BCUT2D eigenvalue weighted by Crippen LogP contribution is -2.08. The Hall–Kier alpha value is -0.970. The zero-order chi connectivity index (χ0) is 7.28. The van der Waals surface area contributed by atoms with Crippen LogP contribution in [0.25, 0.3) is 0 Å². The number of rotatable bonds is 2. The van der Waals surface area contributed by atoms with Gasteiger partial charge in [-0.05, 0) is 6.42 Å². The highest BCUT2D eigenvalue weighted by atomic mass is 15.1. The van der Waals surface area contributed by atoms with Crippen molar-refractivity contribution in [2.24, 2.45) is 0 Å². The lowest BCUT2D eigenvalue weighted by Gasteiger charge is -2.08. The van der Waals surface area contributed by atoms with E-state index in [2.05, 4.69) is 6.07 Å². The highest BCUT2D eigenvalue weighted by molar-refractivity contribution is 5.17. The summed E-state index contributed by atoms with van der Waals surface area (Å²) in [6.45, 7) is 2.01. The fraction of sp³-hybridized carbons (Fsp3) is 0.571. The van der Waals surface area contributed by atoms with E-state index in [0.29, 0.717) is 0 Å². The predicted molar refractivity (Wildman–Crippen MR) is 37.7 cm³/mol. The van der Waals surface area contributed by atoms with E-state index in [0.717, 1.165) is 12.1 Å². The molecule has 0 aromatic carbocycles. The maximum atomic E-state index is 8.47. The van der Waals surface area contributed by atoms with Crippen LogP contribution in [-0.2, 0) is 0 Å². The Bertz CT molecular complexity index is 139. The summed E-state index contributed by atoms with van der Waals surface area (Å²) in [7, 11) is 3.73. The summed E-state index contributed by atoms with van der Waals surface area (Å²) in [6.07, 6.45) is 2.82. The molecule has 0 saturated carbocycles. The van der Waals surface area contributed by atoms with Gasteiger partial charge in [-0.1, -0.05) is 13.0 Å². The van der Waals surface area contributed by atoms with Gasteiger partial charge in [0.25, 0.3) is 0 Å². The van der Waals surface area contributed by atoms with Crippen molar-refractivity contribution in [1.82, 2.24) is 4.90 Å². The van der Waals surface area contributed by atoms with Gasteiger partial charge in [-0.15, -0.1) is 0 Å². The molecular weight excluding hydrogens is 112 g/mol. The van der Waals surface area contributed by atoms with Crippen molar-refractivity contribution in [2.45, 2.75) is 13.3 Å². The molecule has 0 fully saturated rings. The Morgan fingerprint density at radius 3 is 2.33 bits per heavy atom. The Morgan fingerprint density at radius 1 is 1.67 bits per heavy atom. The van der Waals surface area contributed by atoms with E-state index in [4.69, 9.17) is 5.26 Å². The largest absolute Gasteiger partial charge is 0.369 e. The average molecular weight is 124 g/mol. The van der Waals surface area contributed by atoms with Crippen LogP contribution in [0.1, 0.15) is 13.3 Å². The number of hydrogen-bond donors (Lipinski definition) is 0. The molecule has 0 heterocycles. The molecule has 0 spiro atoms. The smallest absolute Gasteiger partial charge is 0.117 e. The van der Waals surface area contributed by atoms with Crippen LogP contribution < -0.4 is 0 Å². The Kier molecular flexibility index (Phi) is 3.54. The molecular formula is C7H12N2. The molecule has 0 radical (unpaired) electrons. The fourth-order valence-corrected chi connectivity index (χ4v) is 0.522. The third kappa shape index (κ3) is 2.76. The second-order valence-corrected chi connectivity index (χ2v) is 2.00. The van der Waals surface area contributed by atoms with Crippen molar-refractivity contribution in [3.63, 3.8) is 0 Å². The lowest BCUT2D eigenvalue weighted by atomic mass is 10.3. The molecule has 0 rings (SSSR count). The third-order valence-corrected chi connectivity index (χ3v) is 0.994. The first kappa shape index (κ1) is 8.03. The zero-order valence-corrected chi connectivity index (χ0v) is 6.18. The van der Waals surface area contributed by atoms with Crippen molar-refractivity contribution in [3.05, 3.63) is 11.8 Å². The van der Waals surface area contributed by atoms with Gasteiger partial charge in [0, 0.05) is 14.1 Å². The van der Waals surface area contributed by atoms with E-state index >= 15 is 0 Å². The van der Waals surface area contributed by atoms with E-state index in [1.807, 2.05) is 32.0 Å². The fourth-order valence-electron chi connectivity index (χ4n) is 0.522. The normalized spacial score (nSPS) is 10.7. The monoisotopic (exact) mass is 124 g/mol. The van der Waals surface area contributed by atoms with Crippen LogP contribution in [-0.4, -0.2) is 19.0 Å². The summed E-state index contributed by atoms with van der Waals surface area (Å²) in [5.41, 5.74) is 0.734. The van der Waals surface area contributed by atoms with Crippen LogP contribution in [0.2, 0.25) is 0 Å². The van der Waals surface area contributed by atoms with Crippen molar-refractivity contribution in [2.75, 3.05) is 14.1 Å². The topological polar surface area (TPSA) is 27.0 Å². The molecule has 0 aromatic heterocycles. The first-order valence-corrected chi connectivity index (χ1v) is 3.00. The minimum Gasteiger partial charge on any atom is -0.369 e. The summed E-state index contributed by atoms with van der Waals surface area (Å²) in [5, 5.41) is 8.47.